The van der Waals surface area contributed by atoms with Crippen molar-refractivity contribution in [3.05, 3.63) is 29.7 Å². The summed E-state index contributed by atoms with van der Waals surface area (Å²) in [5.74, 6) is 1.42. The van der Waals surface area contributed by atoms with Crippen molar-refractivity contribution in [3.63, 3.8) is 0 Å². The zero-order chi connectivity index (χ0) is 16.5. The van der Waals surface area contributed by atoms with E-state index in [0.717, 1.165) is 32.2 Å². The number of hydrogen-bond donors (Lipinski definition) is 0. The highest BCUT2D eigenvalue weighted by Crippen LogP contribution is 2.29. The third-order valence-corrected chi connectivity index (χ3v) is 5.13. The van der Waals surface area contributed by atoms with E-state index in [0.29, 0.717) is 30.0 Å². The molecule has 1 unspecified atom stereocenters. The molecule has 128 valence electrons. The fourth-order valence-electron chi connectivity index (χ4n) is 3.83. The maximum absolute atomic E-state index is 12.8. The minimum Gasteiger partial charge on any atom is -0.339 e. The molecule has 3 heterocycles. The summed E-state index contributed by atoms with van der Waals surface area (Å²) in [4.78, 5) is 19.0. The quantitative estimate of drug-likeness (QED) is 0.865. The minimum atomic E-state index is 0.00711. The SMILES string of the molecule is Cc1noc(C2CCCN(C(=O)c3ccn(C4CCCC4)n3)C2)n1. The van der Waals surface area contributed by atoms with Gasteiger partial charge in [0, 0.05) is 19.3 Å². The van der Waals surface area contributed by atoms with E-state index in [9.17, 15) is 4.79 Å². The third-order valence-electron chi connectivity index (χ3n) is 5.13. The number of likely N-dealkylation sites (tertiary alicyclic amines) is 1. The summed E-state index contributed by atoms with van der Waals surface area (Å²) in [6.07, 6.45) is 8.71. The first-order valence-electron chi connectivity index (χ1n) is 8.85. The van der Waals surface area contributed by atoms with Gasteiger partial charge in [0.05, 0.1) is 12.0 Å². The zero-order valence-corrected chi connectivity index (χ0v) is 14.0. The van der Waals surface area contributed by atoms with Crippen LogP contribution in [0.15, 0.2) is 16.8 Å². The fourth-order valence-corrected chi connectivity index (χ4v) is 3.83. The first-order chi connectivity index (χ1) is 11.7. The van der Waals surface area contributed by atoms with Gasteiger partial charge >= 0.3 is 0 Å². The van der Waals surface area contributed by atoms with E-state index in [-0.39, 0.29) is 11.8 Å². The van der Waals surface area contributed by atoms with Crippen LogP contribution in [0, 0.1) is 6.92 Å². The Morgan fingerprint density at radius 1 is 1.25 bits per heavy atom. The largest absolute Gasteiger partial charge is 0.339 e. The average Bonchev–Trinajstić information content (AvgIpc) is 3.34. The Hall–Kier alpha value is -2.18. The molecule has 0 bridgehead atoms. The van der Waals surface area contributed by atoms with Crippen molar-refractivity contribution in [2.24, 2.45) is 0 Å². The Labute approximate surface area is 141 Å². The molecule has 1 saturated carbocycles. The molecule has 7 heteroatoms. The Bertz CT molecular complexity index is 716. The van der Waals surface area contributed by atoms with Crippen molar-refractivity contribution in [2.45, 2.75) is 57.4 Å². The van der Waals surface area contributed by atoms with E-state index >= 15 is 0 Å². The maximum atomic E-state index is 12.8. The van der Waals surface area contributed by atoms with Gasteiger partial charge < -0.3 is 9.42 Å². The summed E-state index contributed by atoms with van der Waals surface area (Å²) in [5.41, 5.74) is 0.546. The second-order valence-corrected chi connectivity index (χ2v) is 6.89. The van der Waals surface area contributed by atoms with Gasteiger partial charge in [-0.2, -0.15) is 10.1 Å². The van der Waals surface area contributed by atoms with Crippen LogP contribution in [0.1, 0.15) is 72.7 Å². The number of carbonyl (C=O) groups excluding carboxylic acids is 1. The van der Waals surface area contributed by atoms with Crippen molar-refractivity contribution >= 4 is 5.91 Å². The Morgan fingerprint density at radius 2 is 2.08 bits per heavy atom. The van der Waals surface area contributed by atoms with Gasteiger partial charge in [-0.05, 0) is 38.7 Å². The highest BCUT2D eigenvalue weighted by atomic mass is 16.5. The van der Waals surface area contributed by atoms with Crippen LogP contribution in [0.2, 0.25) is 0 Å². The van der Waals surface area contributed by atoms with Gasteiger partial charge in [-0.1, -0.05) is 18.0 Å². The van der Waals surface area contributed by atoms with Gasteiger partial charge in [-0.15, -0.1) is 0 Å². The number of rotatable bonds is 3. The molecule has 4 rings (SSSR count). The molecule has 24 heavy (non-hydrogen) atoms. The molecule has 0 radical (unpaired) electrons. The molecule has 2 aromatic rings. The molecule has 0 aromatic carbocycles. The number of aromatic nitrogens is 4. The second-order valence-electron chi connectivity index (χ2n) is 6.89. The summed E-state index contributed by atoms with van der Waals surface area (Å²) in [7, 11) is 0. The van der Waals surface area contributed by atoms with Crippen molar-refractivity contribution in [1.82, 2.24) is 24.8 Å². The lowest BCUT2D eigenvalue weighted by molar-refractivity contribution is 0.0688. The van der Waals surface area contributed by atoms with Crippen LogP contribution in [0.25, 0.3) is 0 Å². The number of nitrogens with zero attached hydrogens (tertiary/aromatic N) is 5. The molecule has 2 fully saturated rings. The van der Waals surface area contributed by atoms with E-state index in [2.05, 4.69) is 15.2 Å². The standard InChI is InChI=1S/C17H23N5O2/c1-12-18-16(24-20-12)13-5-4-9-21(11-13)17(23)15-8-10-22(19-15)14-6-2-3-7-14/h8,10,13-14H,2-7,9,11H2,1H3. The lowest BCUT2D eigenvalue weighted by atomic mass is 9.97. The van der Waals surface area contributed by atoms with Crippen LogP contribution >= 0.6 is 0 Å². The van der Waals surface area contributed by atoms with Gasteiger partial charge in [0.25, 0.3) is 5.91 Å². The Morgan fingerprint density at radius 3 is 2.83 bits per heavy atom. The first kappa shape index (κ1) is 15.4. The molecule has 2 aromatic heterocycles. The number of piperidine rings is 1. The van der Waals surface area contributed by atoms with Crippen molar-refractivity contribution in [1.29, 1.82) is 0 Å². The average molecular weight is 329 g/mol. The molecule has 1 atom stereocenters. The maximum Gasteiger partial charge on any atom is 0.274 e. The number of aryl methyl sites for hydroxylation is 1. The van der Waals surface area contributed by atoms with Crippen LogP contribution in [0.4, 0.5) is 0 Å². The predicted octanol–water partition coefficient (Wildman–Crippen LogP) is 2.71. The summed E-state index contributed by atoms with van der Waals surface area (Å²) in [6, 6.07) is 2.31. The van der Waals surface area contributed by atoms with Crippen LogP contribution in [0.5, 0.6) is 0 Å². The molecule has 7 nitrogen and oxygen atoms in total. The van der Waals surface area contributed by atoms with E-state index in [1.165, 1.54) is 12.8 Å². The van der Waals surface area contributed by atoms with Crippen molar-refractivity contribution in [3.8, 4) is 0 Å². The summed E-state index contributed by atoms with van der Waals surface area (Å²) in [6.45, 7) is 3.20. The Kier molecular flexibility index (Phi) is 4.08. The summed E-state index contributed by atoms with van der Waals surface area (Å²) >= 11 is 0. The normalized spacial score (nSPS) is 22.2. The summed E-state index contributed by atoms with van der Waals surface area (Å²) < 4.78 is 7.27. The first-order valence-corrected chi connectivity index (χ1v) is 8.85. The van der Waals surface area contributed by atoms with Crippen LogP contribution in [-0.4, -0.2) is 43.8 Å². The van der Waals surface area contributed by atoms with E-state index in [1.54, 1.807) is 0 Å². The van der Waals surface area contributed by atoms with Crippen LogP contribution in [-0.2, 0) is 0 Å². The molecule has 1 saturated heterocycles. The minimum absolute atomic E-state index is 0.00711. The van der Waals surface area contributed by atoms with E-state index in [1.807, 2.05) is 28.8 Å². The van der Waals surface area contributed by atoms with Crippen molar-refractivity contribution < 1.29 is 9.32 Å². The Balaban J connectivity index is 1.45. The zero-order valence-electron chi connectivity index (χ0n) is 14.0. The van der Waals surface area contributed by atoms with Gasteiger partial charge in [0.2, 0.25) is 5.89 Å². The van der Waals surface area contributed by atoms with Gasteiger partial charge in [0.15, 0.2) is 5.82 Å². The van der Waals surface area contributed by atoms with E-state index < -0.39 is 0 Å². The molecule has 1 amide bonds. The predicted molar refractivity (Wildman–Crippen MR) is 86.6 cm³/mol. The molecule has 1 aliphatic carbocycles. The lowest BCUT2D eigenvalue weighted by Crippen LogP contribution is -2.39. The topological polar surface area (TPSA) is 77.0 Å². The molecular weight excluding hydrogens is 306 g/mol. The monoisotopic (exact) mass is 329 g/mol. The molecule has 0 N–H and O–H groups in total. The summed E-state index contributed by atoms with van der Waals surface area (Å²) in [5, 5.41) is 8.41. The third kappa shape index (κ3) is 2.95. The van der Waals surface area contributed by atoms with Crippen LogP contribution in [0.3, 0.4) is 0 Å². The number of amides is 1. The number of carbonyl (C=O) groups is 1. The van der Waals surface area contributed by atoms with Gasteiger partial charge in [0.1, 0.15) is 5.69 Å². The number of hydrogen-bond acceptors (Lipinski definition) is 5. The fraction of sp³-hybridized carbons (Fsp3) is 0.647. The highest BCUT2D eigenvalue weighted by Gasteiger charge is 2.30. The lowest BCUT2D eigenvalue weighted by Gasteiger charge is -2.30. The van der Waals surface area contributed by atoms with Gasteiger partial charge in [-0.25, -0.2) is 0 Å². The smallest absolute Gasteiger partial charge is 0.274 e. The molecular formula is C17H23N5O2. The highest BCUT2D eigenvalue weighted by molar-refractivity contribution is 5.92. The molecule has 1 aliphatic heterocycles. The van der Waals surface area contributed by atoms with Gasteiger partial charge in [-0.3, -0.25) is 9.48 Å². The van der Waals surface area contributed by atoms with E-state index in [4.69, 9.17) is 4.52 Å². The molecule has 2 aliphatic rings. The second kappa shape index (κ2) is 6.37. The molecule has 0 spiro atoms. The van der Waals surface area contributed by atoms with Crippen molar-refractivity contribution in [2.75, 3.05) is 13.1 Å². The van der Waals surface area contributed by atoms with Crippen LogP contribution < -0.4 is 0 Å².